The lowest BCUT2D eigenvalue weighted by Gasteiger charge is -2.26. The molecular formula is C13H18BrNO2S. The first kappa shape index (κ1) is 15.5. The number of ether oxygens (including phenoxy) is 1. The summed E-state index contributed by atoms with van der Waals surface area (Å²) < 4.78 is 6.13. The van der Waals surface area contributed by atoms with Gasteiger partial charge in [0.15, 0.2) is 0 Å². The molecule has 0 aliphatic carbocycles. The van der Waals surface area contributed by atoms with Crippen LogP contribution in [0.25, 0.3) is 0 Å². The molecule has 0 saturated heterocycles. The summed E-state index contributed by atoms with van der Waals surface area (Å²) in [6, 6.07) is 8.03. The van der Waals surface area contributed by atoms with Crippen molar-refractivity contribution in [2.75, 3.05) is 19.4 Å². The Morgan fingerprint density at radius 1 is 1.44 bits per heavy atom. The predicted molar refractivity (Wildman–Crippen MR) is 79.0 cm³/mol. The maximum Gasteiger partial charge on any atom is 0.326 e. The van der Waals surface area contributed by atoms with Crippen molar-refractivity contribution in [2.45, 2.75) is 24.3 Å². The third-order valence-corrected chi connectivity index (χ3v) is 4.47. The molecule has 1 aromatic rings. The Kier molecular flexibility index (Phi) is 6.18. The first-order valence-corrected chi connectivity index (χ1v) is 7.54. The lowest BCUT2D eigenvalue weighted by Crippen LogP contribution is -2.50. The molecule has 0 aliphatic rings. The van der Waals surface area contributed by atoms with Gasteiger partial charge in [-0.05, 0) is 45.2 Å². The van der Waals surface area contributed by atoms with E-state index in [9.17, 15) is 4.79 Å². The van der Waals surface area contributed by atoms with E-state index >= 15 is 0 Å². The number of nitrogens with one attached hydrogen (secondary N) is 1. The van der Waals surface area contributed by atoms with E-state index in [1.807, 2.05) is 38.1 Å². The summed E-state index contributed by atoms with van der Waals surface area (Å²) in [7, 11) is 1.78. The van der Waals surface area contributed by atoms with Crippen molar-refractivity contribution < 1.29 is 9.53 Å². The van der Waals surface area contributed by atoms with Gasteiger partial charge >= 0.3 is 5.97 Å². The number of likely N-dealkylation sites (N-methyl/N-ethyl adjacent to an activating group) is 1. The number of thioether (sulfide) groups is 1. The van der Waals surface area contributed by atoms with E-state index < -0.39 is 5.54 Å². The van der Waals surface area contributed by atoms with Crippen LogP contribution in [0.2, 0.25) is 0 Å². The van der Waals surface area contributed by atoms with E-state index in [0.717, 1.165) is 9.37 Å². The summed E-state index contributed by atoms with van der Waals surface area (Å²) in [5.41, 5.74) is -0.659. The van der Waals surface area contributed by atoms with Crippen LogP contribution < -0.4 is 5.32 Å². The number of hydrogen-bond donors (Lipinski definition) is 1. The molecule has 1 atom stereocenters. The van der Waals surface area contributed by atoms with Crippen LogP contribution in [0, 0.1) is 0 Å². The number of carbonyl (C=O) groups excluding carboxylic acids is 1. The zero-order valence-corrected chi connectivity index (χ0v) is 13.2. The van der Waals surface area contributed by atoms with Crippen LogP contribution in [0.3, 0.4) is 0 Å². The summed E-state index contributed by atoms with van der Waals surface area (Å²) in [6.45, 7) is 4.08. The van der Waals surface area contributed by atoms with Gasteiger partial charge < -0.3 is 10.1 Å². The number of benzene rings is 1. The fourth-order valence-electron chi connectivity index (χ4n) is 1.28. The van der Waals surface area contributed by atoms with Gasteiger partial charge in [0.05, 0.1) is 6.61 Å². The zero-order valence-electron chi connectivity index (χ0n) is 10.8. The van der Waals surface area contributed by atoms with Crippen molar-refractivity contribution >= 4 is 33.7 Å². The zero-order chi connectivity index (χ0) is 13.6. The predicted octanol–water partition coefficient (Wildman–Crippen LogP) is 3.08. The molecule has 1 aromatic carbocycles. The van der Waals surface area contributed by atoms with E-state index in [-0.39, 0.29) is 5.97 Å². The third-order valence-electron chi connectivity index (χ3n) is 2.62. The molecule has 0 spiro atoms. The molecule has 5 heteroatoms. The highest BCUT2D eigenvalue weighted by atomic mass is 79.9. The summed E-state index contributed by atoms with van der Waals surface area (Å²) >= 11 is 5.03. The highest BCUT2D eigenvalue weighted by Gasteiger charge is 2.32. The number of rotatable bonds is 6. The normalized spacial score (nSPS) is 14.0. The van der Waals surface area contributed by atoms with Crippen molar-refractivity contribution in [3.05, 3.63) is 28.7 Å². The molecule has 0 radical (unpaired) electrons. The maximum absolute atomic E-state index is 11.9. The Labute approximate surface area is 121 Å². The Morgan fingerprint density at radius 2 is 2.06 bits per heavy atom. The lowest BCUT2D eigenvalue weighted by atomic mass is 10.1. The van der Waals surface area contributed by atoms with Crippen LogP contribution in [0.1, 0.15) is 13.8 Å². The highest BCUT2D eigenvalue weighted by molar-refractivity contribution is 9.10. The van der Waals surface area contributed by atoms with Crippen molar-refractivity contribution in [3.63, 3.8) is 0 Å². The maximum atomic E-state index is 11.9. The van der Waals surface area contributed by atoms with Crippen molar-refractivity contribution in [3.8, 4) is 0 Å². The monoisotopic (exact) mass is 331 g/mol. The molecule has 0 heterocycles. The van der Waals surface area contributed by atoms with Crippen molar-refractivity contribution in [1.82, 2.24) is 5.32 Å². The summed E-state index contributed by atoms with van der Waals surface area (Å²) in [6.07, 6.45) is 0. The SMILES string of the molecule is CCOC(=O)C(C)(CSc1ccc(Br)cc1)NC. The van der Waals surface area contributed by atoms with Crippen LogP contribution in [0.15, 0.2) is 33.6 Å². The molecule has 1 N–H and O–H groups in total. The van der Waals surface area contributed by atoms with Gasteiger partial charge in [-0.2, -0.15) is 0 Å². The molecule has 1 unspecified atom stereocenters. The molecule has 18 heavy (non-hydrogen) atoms. The standard InChI is InChI=1S/C13H18BrNO2S/c1-4-17-12(16)13(2,15-3)9-18-11-7-5-10(14)6-8-11/h5-8,15H,4,9H2,1-3H3. The fraction of sp³-hybridized carbons (Fsp3) is 0.462. The molecule has 1 rings (SSSR count). The Bertz CT molecular complexity index is 396. The molecular weight excluding hydrogens is 314 g/mol. The van der Waals surface area contributed by atoms with E-state index in [4.69, 9.17) is 4.74 Å². The number of hydrogen-bond acceptors (Lipinski definition) is 4. The molecule has 0 aliphatic heterocycles. The van der Waals surface area contributed by atoms with Gasteiger partial charge in [-0.1, -0.05) is 15.9 Å². The molecule has 0 bridgehead atoms. The number of halogens is 1. The van der Waals surface area contributed by atoms with Gasteiger partial charge in [-0.15, -0.1) is 11.8 Å². The van der Waals surface area contributed by atoms with Crippen LogP contribution in [0.5, 0.6) is 0 Å². The largest absolute Gasteiger partial charge is 0.465 e. The third kappa shape index (κ3) is 4.30. The molecule has 0 aromatic heterocycles. The minimum absolute atomic E-state index is 0.211. The second-order valence-corrected chi connectivity index (χ2v) is 6.01. The van der Waals surface area contributed by atoms with Gasteiger partial charge in [-0.3, -0.25) is 4.79 Å². The van der Waals surface area contributed by atoms with E-state index in [1.54, 1.807) is 18.8 Å². The van der Waals surface area contributed by atoms with E-state index in [1.165, 1.54) is 0 Å². The van der Waals surface area contributed by atoms with E-state index in [2.05, 4.69) is 21.2 Å². The average Bonchev–Trinajstić information content (AvgIpc) is 2.38. The van der Waals surface area contributed by atoms with Crippen LogP contribution in [-0.4, -0.2) is 30.9 Å². The quantitative estimate of drug-likeness (QED) is 0.642. The molecule has 0 saturated carbocycles. The van der Waals surface area contributed by atoms with Crippen molar-refractivity contribution in [1.29, 1.82) is 0 Å². The lowest BCUT2D eigenvalue weighted by molar-refractivity contribution is -0.149. The summed E-state index contributed by atoms with van der Waals surface area (Å²) in [5.74, 6) is 0.418. The van der Waals surface area contributed by atoms with Crippen molar-refractivity contribution in [2.24, 2.45) is 0 Å². The van der Waals surface area contributed by atoms with Gasteiger partial charge in [0.25, 0.3) is 0 Å². The first-order valence-electron chi connectivity index (χ1n) is 5.76. The second kappa shape index (κ2) is 7.16. The molecule has 3 nitrogen and oxygen atoms in total. The second-order valence-electron chi connectivity index (χ2n) is 4.05. The van der Waals surface area contributed by atoms with E-state index in [0.29, 0.717) is 12.4 Å². The Balaban J connectivity index is 2.63. The smallest absolute Gasteiger partial charge is 0.326 e. The molecule has 0 fully saturated rings. The molecule has 0 amide bonds. The highest BCUT2D eigenvalue weighted by Crippen LogP contribution is 2.24. The summed E-state index contributed by atoms with van der Waals surface area (Å²) in [5, 5.41) is 3.04. The topological polar surface area (TPSA) is 38.3 Å². The Hall–Kier alpha value is -0.520. The number of esters is 1. The van der Waals surface area contributed by atoms with Gasteiger partial charge in [0.1, 0.15) is 5.54 Å². The fourth-order valence-corrected chi connectivity index (χ4v) is 2.59. The minimum Gasteiger partial charge on any atom is -0.465 e. The molecule has 100 valence electrons. The summed E-state index contributed by atoms with van der Waals surface area (Å²) in [4.78, 5) is 13.0. The Morgan fingerprint density at radius 3 is 2.56 bits per heavy atom. The average molecular weight is 332 g/mol. The number of carbonyl (C=O) groups is 1. The van der Waals surface area contributed by atoms with Crippen LogP contribution >= 0.6 is 27.7 Å². The van der Waals surface area contributed by atoms with Crippen LogP contribution in [-0.2, 0) is 9.53 Å². The van der Waals surface area contributed by atoms with Gasteiger partial charge in [-0.25, -0.2) is 0 Å². The van der Waals surface area contributed by atoms with Gasteiger partial charge in [0, 0.05) is 15.1 Å². The van der Waals surface area contributed by atoms with Crippen LogP contribution in [0.4, 0.5) is 0 Å². The minimum atomic E-state index is -0.659. The first-order chi connectivity index (χ1) is 8.51. The van der Waals surface area contributed by atoms with Gasteiger partial charge in [0.2, 0.25) is 0 Å².